The molecule has 2 nitrogen and oxygen atoms in total. The highest BCUT2D eigenvalue weighted by Gasteiger charge is 2.38. The highest BCUT2D eigenvalue weighted by Crippen LogP contribution is 2.37. The van der Waals surface area contributed by atoms with Gasteiger partial charge in [0.1, 0.15) is 5.75 Å². The molecule has 0 aliphatic rings. The smallest absolute Gasteiger partial charge is 0.186 e. The second-order valence-corrected chi connectivity index (χ2v) is 13.0. The maximum Gasteiger partial charge on any atom is 0.186 e. The van der Waals surface area contributed by atoms with E-state index in [4.69, 9.17) is 9.16 Å². The van der Waals surface area contributed by atoms with Gasteiger partial charge in [-0.05, 0) is 56.7 Å². The van der Waals surface area contributed by atoms with Gasteiger partial charge in [0, 0.05) is 0 Å². The van der Waals surface area contributed by atoms with Crippen molar-refractivity contribution in [3.8, 4) is 17.6 Å². The van der Waals surface area contributed by atoms with E-state index in [1.54, 1.807) is 7.11 Å². The van der Waals surface area contributed by atoms with E-state index in [2.05, 4.69) is 93.9 Å². The molecule has 0 radical (unpaired) electrons. The number of methoxy groups -OCH3 is 1. The van der Waals surface area contributed by atoms with Crippen molar-refractivity contribution >= 4 is 8.32 Å². The van der Waals surface area contributed by atoms with Crippen molar-refractivity contribution < 1.29 is 9.16 Å². The van der Waals surface area contributed by atoms with E-state index < -0.39 is 13.9 Å². The normalized spacial score (nSPS) is 11.5. The Morgan fingerprint density at radius 2 is 1.23 bits per heavy atom. The Morgan fingerprint density at radius 3 is 1.70 bits per heavy atom. The molecule has 0 aliphatic heterocycles. The Bertz CT molecular complexity index is 1000. The molecule has 0 atom stereocenters. The Morgan fingerprint density at radius 1 is 0.733 bits per heavy atom. The third-order valence-electron chi connectivity index (χ3n) is 4.86. The molecule has 0 spiro atoms. The molecular formula is C27H30O2Si. The number of hydrogen-bond acceptors (Lipinski definition) is 2. The first-order valence-corrected chi connectivity index (χ1v) is 13.6. The summed E-state index contributed by atoms with van der Waals surface area (Å²) >= 11 is 0. The lowest BCUT2D eigenvalue weighted by Gasteiger charge is -2.36. The van der Waals surface area contributed by atoms with Gasteiger partial charge >= 0.3 is 0 Å². The van der Waals surface area contributed by atoms with Crippen molar-refractivity contribution in [3.63, 3.8) is 0 Å². The highest BCUT2D eigenvalue weighted by molar-refractivity contribution is 6.69. The van der Waals surface area contributed by atoms with Crippen LogP contribution < -0.4 is 4.74 Å². The fourth-order valence-electron chi connectivity index (χ4n) is 3.39. The Hall–Kier alpha value is -2.80. The largest absolute Gasteiger partial charge is 0.495 e. The van der Waals surface area contributed by atoms with Crippen LogP contribution in [0.4, 0.5) is 0 Å². The SMILES string of the molecule is COc1ccccc1C#CC(O[Si](C)(C)C)(c1ccc(C)cc1)c1ccc(C)cc1. The Balaban J connectivity index is 2.29. The van der Waals surface area contributed by atoms with E-state index in [1.165, 1.54) is 11.1 Å². The van der Waals surface area contributed by atoms with Gasteiger partial charge in [0.05, 0.1) is 12.7 Å². The number of ether oxygens (including phenoxy) is 1. The van der Waals surface area contributed by atoms with E-state index in [1.807, 2.05) is 24.3 Å². The number of rotatable bonds is 5. The molecule has 0 saturated heterocycles. The second kappa shape index (κ2) is 8.91. The van der Waals surface area contributed by atoms with E-state index in [-0.39, 0.29) is 0 Å². The maximum absolute atomic E-state index is 6.90. The Labute approximate surface area is 182 Å². The first-order valence-electron chi connectivity index (χ1n) is 10.2. The zero-order valence-electron chi connectivity index (χ0n) is 18.7. The van der Waals surface area contributed by atoms with Gasteiger partial charge < -0.3 is 9.16 Å². The number of aryl methyl sites for hydroxylation is 2. The molecule has 0 fully saturated rings. The van der Waals surface area contributed by atoms with Gasteiger partial charge in [-0.25, -0.2) is 0 Å². The average molecular weight is 415 g/mol. The highest BCUT2D eigenvalue weighted by atomic mass is 28.4. The quantitative estimate of drug-likeness (QED) is 0.352. The van der Waals surface area contributed by atoms with Gasteiger partial charge in [-0.3, -0.25) is 0 Å². The van der Waals surface area contributed by atoms with Crippen LogP contribution in [0, 0.1) is 25.7 Å². The van der Waals surface area contributed by atoms with Crippen molar-refractivity contribution in [1.29, 1.82) is 0 Å². The zero-order chi connectivity index (χ0) is 21.8. The van der Waals surface area contributed by atoms with E-state index in [0.717, 1.165) is 22.4 Å². The van der Waals surface area contributed by atoms with Crippen LogP contribution in [0.5, 0.6) is 5.75 Å². The fourth-order valence-corrected chi connectivity index (χ4v) is 4.60. The fraction of sp³-hybridized carbons (Fsp3) is 0.259. The molecule has 3 aromatic rings. The van der Waals surface area contributed by atoms with Gasteiger partial charge in [-0.2, -0.15) is 0 Å². The zero-order valence-corrected chi connectivity index (χ0v) is 19.7. The minimum absolute atomic E-state index is 0.764. The molecule has 154 valence electrons. The first-order chi connectivity index (χ1) is 14.2. The maximum atomic E-state index is 6.90. The molecule has 0 heterocycles. The first kappa shape index (κ1) is 21.9. The summed E-state index contributed by atoms with van der Waals surface area (Å²) in [4.78, 5) is 0. The van der Waals surface area contributed by atoms with Gasteiger partial charge in [0.2, 0.25) is 0 Å². The lowest BCUT2D eigenvalue weighted by atomic mass is 9.86. The summed E-state index contributed by atoms with van der Waals surface area (Å²) in [5.41, 5.74) is 4.50. The predicted molar refractivity (Wildman–Crippen MR) is 127 cm³/mol. The summed E-state index contributed by atoms with van der Waals surface area (Å²) in [5.74, 6) is 7.67. The number of benzene rings is 3. The summed E-state index contributed by atoms with van der Waals surface area (Å²) in [6.45, 7) is 10.8. The van der Waals surface area contributed by atoms with Crippen LogP contribution in [0.25, 0.3) is 0 Å². The van der Waals surface area contributed by atoms with Crippen molar-refractivity contribution in [2.24, 2.45) is 0 Å². The van der Waals surface area contributed by atoms with Crippen molar-refractivity contribution in [1.82, 2.24) is 0 Å². The standard InChI is InChI=1S/C27H30O2Si/c1-21-11-15-24(16-12-21)27(29-30(4,5)6,25-17-13-22(2)14-18-25)20-19-23-9-7-8-10-26(23)28-3/h7-18H,1-6H3. The molecule has 3 rings (SSSR count). The average Bonchev–Trinajstić information content (AvgIpc) is 2.71. The van der Waals surface area contributed by atoms with Crippen molar-refractivity contribution in [2.45, 2.75) is 39.1 Å². The summed E-state index contributed by atoms with van der Waals surface area (Å²) in [6.07, 6.45) is 0. The molecule has 0 aromatic heterocycles. The van der Waals surface area contributed by atoms with Crippen LogP contribution >= 0.6 is 0 Å². The lowest BCUT2D eigenvalue weighted by molar-refractivity contribution is 0.166. The molecule has 30 heavy (non-hydrogen) atoms. The summed E-state index contributed by atoms with van der Waals surface area (Å²) in [5, 5.41) is 0. The van der Waals surface area contributed by atoms with Crippen molar-refractivity contribution in [2.75, 3.05) is 7.11 Å². The molecule has 0 saturated carbocycles. The third kappa shape index (κ3) is 5.02. The van der Waals surface area contributed by atoms with Gasteiger partial charge in [0.25, 0.3) is 0 Å². The van der Waals surface area contributed by atoms with Crippen LogP contribution in [-0.2, 0) is 10.0 Å². The predicted octanol–water partition coefficient (Wildman–Crippen LogP) is 6.46. The summed E-state index contributed by atoms with van der Waals surface area (Å²) in [6, 6.07) is 24.9. The number of para-hydroxylation sites is 1. The summed E-state index contributed by atoms with van der Waals surface area (Å²) in [7, 11) is -0.306. The third-order valence-corrected chi connectivity index (χ3v) is 5.77. The van der Waals surface area contributed by atoms with E-state index >= 15 is 0 Å². The molecule has 0 N–H and O–H groups in total. The van der Waals surface area contributed by atoms with Gasteiger partial charge in [-0.15, -0.1) is 0 Å². The molecule has 0 bridgehead atoms. The van der Waals surface area contributed by atoms with Crippen LogP contribution in [0.15, 0.2) is 72.8 Å². The minimum Gasteiger partial charge on any atom is -0.495 e. The number of hydrogen-bond donors (Lipinski definition) is 0. The second-order valence-electron chi connectivity index (χ2n) is 8.58. The molecule has 0 aliphatic carbocycles. The van der Waals surface area contributed by atoms with Crippen LogP contribution in [0.2, 0.25) is 19.6 Å². The molecular weight excluding hydrogens is 384 g/mol. The van der Waals surface area contributed by atoms with Crippen molar-refractivity contribution in [3.05, 3.63) is 101 Å². The monoisotopic (exact) mass is 414 g/mol. The topological polar surface area (TPSA) is 18.5 Å². The summed E-state index contributed by atoms with van der Waals surface area (Å²) < 4.78 is 12.4. The van der Waals surface area contributed by atoms with Crippen LogP contribution in [-0.4, -0.2) is 15.4 Å². The molecule has 0 amide bonds. The molecule has 0 unspecified atom stereocenters. The van der Waals surface area contributed by atoms with Crippen LogP contribution in [0.3, 0.4) is 0 Å². The lowest BCUT2D eigenvalue weighted by Crippen LogP contribution is -2.40. The Kier molecular flexibility index (Phi) is 6.51. The van der Waals surface area contributed by atoms with Gasteiger partial charge in [-0.1, -0.05) is 83.6 Å². The van der Waals surface area contributed by atoms with Gasteiger partial charge in [0.15, 0.2) is 13.9 Å². The molecule has 3 heteroatoms. The van der Waals surface area contributed by atoms with E-state index in [0.29, 0.717) is 0 Å². The molecule has 3 aromatic carbocycles. The van der Waals surface area contributed by atoms with E-state index in [9.17, 15) is 0 Å². The minimum atomic E-state index is -1.98. The van der Waals surface area contributed by atoms with Crippen LogP contribution in [0.1, 0.15) is 27.8 Å².